The Labute approximate surface area is 173 Å². The highest BCUT2D eigenvalue weighted by atomic mass is 19.4. The molecular weight excluding hydrogens is 417 g/mol. The van der Waals surface area contributed by atoms with Crippen molar-refractivity contribution in [2.45, 2.75) is 43.8 Å². The second-order valence-corrected chi connectivity index (χ2v) is 8.07. The minimum absolute atomic E-state index is 0.0553. The average molecular weight is 436 g/mol. The minimum atomic E-state index is -4.59. The topological polar surface area (TPSA) is 93.0 Å². The fourth-order valence-electron chi connectivity index (χ4n) is 4.22. The van der Waals surface area contributed by atoms with Crippen molar-refractivity contribution in [1.29, 1.82) is 0 Å². The van der Waals surface area contributed by atoms with Crippen LogP contribution in [-0.4, -0.2) is 43.2 Å². The van der Waals surface area contributed by atoms with E-state index in [4.69, 9.17) is 0 Å². The number of carbonyl (C=O) groups is 1. The first-order valence-corrected chi connectivity index (χ1v) is 10.0. The molecular formula is C20H19F3N4O4. The van der Waals surface area contributed by atoms with Crippen molar-refractivity contribution in [1.82, 2.24) is 19.1 Å². The second-order valence-electron chi connectivity index (χ2n) is 8.07. The molecule has 3 aromatic rings. The fraction of sp³-hybridized carbons (Fsp3) is 0.450. The molecule has 0 spiro atoms. The van der Waals surface area contributed by atoms with Crippen LogP contribution in [-0.2, 0) is 6.18 Å². The Morgan fingerprint density at radius 1 is 1.13 bits per heavy atom. The number of alkyl halides is 3. The van der Waals surface area contributed by atoms with Gasteiger partial charge in [-0.3, -0.25) is 4.79 Å². The Hall–Kier alpha value is -3.24. The van der Waals surface area contributed by atoms with Gasteiger partial charge in [0.2, 0.25) is 5.88 Å². The molecule has 1 aliphatic heterocycles. The number of pyridine rings is 1. The van der Waals surface area contributed by atoms with Crippen LogP contribution in [0.1, 0.15) is 59.4 Å². The van der Waals surface area contributed by atoms with Gasteiger partial charge in [-0.05, 0) is 55.4 Å². The first-order valence-electron chi connectivity index (χ1n) is 10.0. The number of oxazole rings is 1. The number of halogens is 3. The summed E-state index contributed by atoms with van der Waals surface area (Å²) in [6.45, 7) is 0.543. The third-order valence-electron chi connectivity index (χ3n) is 5.97. The van der Waals surface area contributed by atoms with E-state index in [1.165, 1.54) is 11.0 Å². The van der Waals surface area contributed by atoms with Crippen LogP contribution in [0, 0.1) is 0 Å². The number of nitrogens with zero attached hydrogens (tertiary/aromatic N) is 4. The molecule has 2 fully saturated rings. The third kappa shape index (κ3) is 3.47. The SMILES string of the molecule is O=C(c1cc2cc(C3CC3)cc(C(F)(F)F)n2n1)N1CCC(n2c(O)coc2=O)CC1. The summed E-state index contributed by atoms with van der Waals surface area (Å²) in [6.07, 6.45) is -1.12. The molecule has 11 heteroatoms. The van der Waals surface area contributed by atoms with Crippen LogP contribution in [0.25, 0.3) is 5.52 Å². The highest BCUT2D eigenvalue weighted by Crippen LogP contribution is 2.42. The maximum atomic E-state index is 13.6. The van der Waals surface area contributed by atoms with Crippen molar-refractivity contribution in [2.24, 2.45) is 0 Å². The molecule has 1 aliphatic carbocycles. The van der Waals surface area contributed by atoms with Crippen molar-refractivity contribution >= 4 is 11.4 Å². The van der Waals surface area contributed by atoms with Gasteiger partial charge < -0.3 is 14.4 Å². The van der Waals surface area contributed by atoms with Crippen molar-refractivity contribution in [3.63, 3.8) is 0 Å². The molecule has 3 aromatic heterocycles. The van der Waals surface area contributed by atoms with E-state index < -0.39 is 23.5 Å². The Morgan fingerprint density at radius 2 is 1.84 bits per heavy atom. The van der Waals surface area contributed by atoms with E-state index in [0.29, 0.717) is 18.4 Å². The zero-order valence-electron chi connectivity index (χ0n) is 16.3. The lowest BCUT2D eigenvalue weighted by Gasteiger charge is -2.31. The number of rotatable bonds is 3. The number of hydrogen-bond acceptors (Lipinski definition) is 5. The van der Waals surface area contributed by atoms with Crippen molar-refractivity contribution in [3.05, 3.63) is 52.0 Å². The summed E-state index contributed by atoms with van der Waals surface area (Å²) < 4.78 is 47.3. The average Bonchev–Trinajstić information content (AvgIpc) is 3.41. The van der Waals surface area contributed by atoms with Gasteiger partial charge in [-0.25, -0.2) is 13.9 Å². The molecule has 5 rings (SSSR count). The van der Waals surface area contributed by atoms with Gasteiger partial charge in [0.05, 0.1) is 5.52 Å². The Balaban J connectivity index is 1.40. The number of carbonyl (C=O) groups excluding carboxylic acids is 1. The predicted octanol–water partition coefficient (Wildman–Crippen LogP) is 3.17. The summed E-state index contributed by atoms with van der Waals surface area (Å²) in [5.41, 5.74) is -0.0885. The summed E-state index contributed by atoms with van der Waals surface area (Å²) in [6, 6.07) is 3.85. The normalized spacial score (nSPS) is 18.1. The molecule has 164 valence electrons. The van der Waals surface area contributed by atoms with E-state index >= 15 is 0 Å². The molecule has 1 amide bonds. The molecule has 1 saturated heterocycles. The lowest BCUT2D eigenvalue weighted by atomic mass is 10.0. The van der Waals surface area contributed by atoms with Crippen LogP contribution in [0.3, 0.4) is 0 Å². The molecule has 0 atom stereocenters. The molecule has 4 heterocycles. The highest BCUT2D eigenvalue weighted by Gasteiger charge is 2.37. The predicted molar refractivity (Wildman–Crippen MR) is 101 cm³/mol. The summed E-state index contributed by atoms with van der Waals surface area (Å²) >= 11 is 0. The molecule has 2 aliphatic rings. The summed E-state index contributed by atoms with van der Waals surface area (Å²) in [5.74, 6) is -1.29. The Kier molecular flexibility index (Phi) is 4.38. The van der Waals surface area contributed by atoms with Crippen molar-refractivity contribution in [2.75, 3.05) is 13.1 Å². The number of likely N-dealkylation sites (tertiary alicyclic amines) is 1. The van der Waals surface area contributed by atoms with Crippen molar-refractivity contribution in [3.8, 4) is 5.88 Å². The van der Waals surface area contributed by atoms with E-state index in [0.717, 1.165) is 34.3 Å². The smallest absolute Gasteiger partial charge is 0.433 e. The van der Waals surface area contributed by atoms with E-state index in [1.54, 1.807) is 6.07 Å². The molecule has 8 nitrogen and oxygen atoms in total. The molecule has 0 bridgehead atoms. The van der Waals surface area contributed by atoms with Gasteiger partial charge in [-0.1, -0.05) is 0 Å². The summed E-state index contributed by atoms with van der Waals surface area (Å²) in [5, 5.41) is 13.7. The van der Waals surface area contributed by atoms with Gasteiger partial charge in [-0.2, -0.15) is 18.3 Å². The lowest BCUT2D eigenvalue weighted by molar-refractivity contribution is -0.142. The lowest BCUT2D eigenvalue weighted by Crippen LogP contribution is -2.40. The Bertz CT molecular complexity index is 1210. The van der Waals surface area contributed by atoms with E-state index in [9.17, 15) is 27.9 Å². The number of fused-ring (bicyclic) bond motifs is 1. The zero-order valence-corrected chi connectivity index (χ0v) is 16.3. The number of aromatic hydroxyl groups is 1. The van der Waals surface area contributed by atoms with Crippen LogP contribution in [0.5, 0.6) is 5.88 Å². The second kappa shape index (κ2) is 6.89. The first-order chi connectivity index (χ1) is 14.7. The molecule has 0 unspecified atom stereocenters. The van der Waals surface area contributed by atoms with Crippen molar-refractivity contribution < 1.29 is 27.5 Å². The first kappa shape index (κ1) is 19.7. The number of amides is 1. The molecule has 0 radical (unpaired) electrons. The van der Waals surface area contributed by atoms with E-state index in [2.05, 4.69) is 9.52 Å². The van der Waals surface area contributed by atoms with Crippen LogP contribution in [0.4, 0.5) is 13.2 Å². The summed E-state index contributed by atoms with van der Waals surface area (Å²) in [4.78, 5) is 26.1. The van der Waals surface area contributed by atoms with Gasteiger partial charge in [0, 0.05) is 19.1 Å². The number of hydrogen-bond donors (Lipinski definition) is 1. The highest BCUT2D eigenvalue weighted by molar-refractivity contribution is 5.93. The fourth-order valence-corrected chi connectivity index (χ4v) is 4.22. The van der Waals surface area contributed by atoms with Gasteiger partial charge in [0.1, 0.15) is 5.69 Å². The van der Waals surface area contributed by atoms with Crippen LogP contribution >= 0.6 is 0 Å². The summed E-state index contributed by atoms with van der Waals surface area (Å²) in [7, 11) is 0. The zero-order chi connectivity index (χ0) is 21.9. The largest absolute Gasteiger partial charge is 0.492 e. The van der Waals surface area contributed by atoms with E-state index in [-0.39, 0.29) is 42.1 Å². The van der Waals surface area contributed by atoms with Crippen LogP contribution < -0.4 is 5.76 Å². The number of aromatic nitrogens is 3. The van der Waals surface area contributed by atoms with Crippen LogP contribution in [0.2, 0.25) is 0 Å². The third-order valence-corrected chi connectivity index (χ3v) is 5.97. The maximum absolute atomic E-state index is 13.6. The number of piperidine rings is 1. The molecule has 1 saturated carbocycles. The van der Waals surface area contributed by atoms with Gasteiger partial charge in [0.15, 0.2) is 12.0 Å². The molecule has 31 heavy (non-hydrogen) atoms. The van der Waals surface area contributed by atoms with Gasteiger partial charge in [0.25, 0.3) is 5.91 Å². The quantitative estimate of drug-likeness (QED) is 0.681. The van der Waals surface area contributed by atoms with Gasteiger partial charge >= 0.3 is 11.9 Å². The standard InChI is InChI=1S/C20H19F3N4O4/c21-20(22,23)16-8-12(11-1-2-11)7-14-9-15(24-27(14)16)18(29)25-5-3-13(4-6-25)26-17(28)10-31-19(26)30/h7-11,13,28H,1-6H2. The minimum Gasteiger partial charge on any atom is -0.492 e. The maximum Gasteiger partial charge on any atom is 0.433 e. The Morgan fingerprint density at radius 3 is 2.42 bits per heavy atom. The van der Waals surface area contributed by atoms with Gasteiger partial charge in [-0.15, -0.1) is 0 Å². The molecule has 0 aromatic carbocycles. The van der Waals surface area contributed by atoms with Crippen LogP contribution in [0.15, 0.2) is 33.7 Å². The molecule has 1 N–H and O–H groups in total. The van der Waals surface area contributed by atoms with E-state index in [1.807, 2.05) is 0 Å². The monoisotopic (exact) mass is 436 g/mol.